The molecule has 0 aliphatic heterocycles. The van der Waals surface area contributed by atoms with Crippen LogP contribution in [0.3, 0.4) is 0 Å². The monoisotopic (exact) mass is 282 g/mol. The summed E-state index contributed by atoms with van der Waals surface area (Å²) >= 11 is 0. The molecule has 1 aromatic rings. The average molecular weight is 283 g/mol. The van der Waals surface area contributed by atoms with E-state index in [0.29, 0.717) is 0 Å². The van der Waals surface area contributed by atoms with Crippen molar-refractivity contribution in [2.24, 2.45) is 0 Å². The van der Waals surface area contributed by atoms with Crippen molar-refractivity contribution in [1.82, 2.24) is 0 Å². The molecule has 1 aliphatic rings. The molecule has 0 heterocycles. The third-order valence-corrected chi connectivity index (χ3v) is 2.26. The second-order valence-electron chi connectivity index (χ2n) is 2.98. The molecule has 0 fully saturated rings. The van der Waals surface area contributed by atoms with Gasteiger partial charge < -0.3 is 0 Å². The van der Waals surface area contributed by atoms with Crippen LogP contribution in [0.2, 0.25) is 0 Å². The first-order valence-electron chi connectivity index (χ1n) is 9.03. The van der Waals surface area contributed by atoms with Crippen molar-refractivity contribution in [2.45, 2.75) is 94.9 Å². The Morgan fingerprint density at radius 1 is 0.500 bits per heavy atom. The fourth-order valence-electron chi connectivity index (χ4n) is 1.68. The molecule has 0 aromatic heterocycles. The molecular weight excluding hydrogens is 240 g/mol. The van der Waals surface area contributed by atoms with Crippen molar-refractivity contribution in [1.29, 1.82) is 0 Å². The van der Waals surface area contributed by atoms with E-state index in [-0.39, 0.29) is 0 Å². The van der Waals surface area contributed by atoms with E-state index in [1.54, 1.807) is 11.1 Å². The lowest BCUT2D eigenvalue weighted by Crippen LogP contribution is -2.00. The molecule has 0 N–H and O–H groups in total. The number of hydrogen-bond acceptors (Lipinski definition) is 0. The maximum absolute atomic E-state index is 2.26. The summed E-state index contributed by atoms with van der Waals surface area (Å²) in [5.41, 5.74) is 3.16. The Morgan fingerprint density at radius 3 is 1.00 bits per heavy atom. The van der Waals surface area contributed by atoms with Crippen LogP contribution in [-0.2, 0) is 12.8 Å². The van der Waals surface area contributed by atoms with E-state index in [4.69, 9.17) is 0 Å². The third kappa shape index (κ3) is 15.3. The van der Waals surface area contributed by atoms with Gasteiger partial charge in [-0.3, -0.25) is 0 Å². The van der Waals surface area contributed by atoms with Gasteiger partial charge >= 0.3 is 0 Å². The first-order valence-corrected chi connectivity index (χ1v) is 9.03. The zero-order chi connectivity index (χ0) is 16.8. The van der Waals surface area contributed by atoms with Gasteiger partial charge in [0.1, 0.15) is 0 Å². The predicted octanol–water partition coefficient (Wildman–Crippen LogP) is 7.70. The molecule has 1 aromatic carbocycles. The normalized spacial score (nSPS) is 9.70. The summed E-state index contributed by atoms with van der Waals surface area (Å²) in [4.78, 5) is 0. The fourth-order valence-corrected chi connectivity index (χ4v) is 1.68. The van der Waals surface area contributed by atoms with Crippen LogP contribution in [0, 0.1) is 0 Å². The summed E-state index contributed by atoms with van der Waals surface area (Å²) < 4.78 is 0. The third-order valence-electron chi connectivity index (χ3n) is 2.26. The van der Waals surface area contributed by atoms with Crippen LogP contribution >= 0.6 is 0 Å². The first-order chi connectivity index (χ1) is 9.97. The number of rotatable bonds is 0. The highest BCUT2D eigenvalue weighted by atomic mass is 14.1. The Balaban J connectivity index is -0.000000110. The topological polar surface area (TPSA) is 0 Å². The van der Waals surface area contributed by atoms with E-state index in [1.165, 1.54) is 25.7 Å². The molecule has 0 unspecified atom stereocenters. The van der Waals surface area contributed by atoms with Crippen LogP contribution in [0.1, 0.15) is 93.2 Å². The van der Waals surface area contributed by atoms with Crippen LogP contribution in [0.25, 0.3) is 0 Å². The smallest absolute Gasteiger partial charge is 0.0276 e. The standard InChI is InChI=1S/C10H12.5C2H6/c1-2-6-10-8-4-3-7-9(10)5-1;5*1-2/h1-2,5-6H,3-4,7-8H2;5*1-2H3. The fraction of sp³-hybridized carbons (Fsp3) is 0.700. The minimum absolute atomic E-state index is 1.30. The van der Waals surface area contributed by atoms with Gasteiger partial charge in [-0.2, -0.15) is 0 Å². The molecule has 0 amide bonds. The first kappa shape index (κ1) is 27.5. The Bertz CT molecular complexity index is 200. The highest BCUT2D eigenvalue weighted by Gasteiger charge is 2.05. The van der Waals surface area contributed by atoms with Gasteiger partial charge in [0.2, 0.25) is 0 Å². The Labute approximate surface area is 131 Å². The summed E-state index contributed by atoms with van der Waals surface area (Å²) in [5.74, 6) is 0. The van der Waals surface area contributed by atoms with Crippen LogP contribution in [0.15, 0.2) is 24.3 Å². The lowest BCUT2D eigenvalue weighted by Gasteiger charge is -2.13. The Kier molecular flexibility index (Phi) is 42.6. The van der Waals surface area contributed by atoms with E-state index in [2.05, 4.69) is 24.3 Å². The molecule has 2 rings (SSSR count). The molecule has 1 aliphatic carbocycles. The van der Waals surface area contributed by atoms with Gasteiger partial charge in [0, 0.05) is 0 Å². The molecule has 0 spiro atoms. The lowest BCUT2D eigenvalue weighted by molar-refractivity contribution is 0.685. The molecule has 0 saturated heterocycles. The number of benzene rings is 1. The number of fused-ring (bicyclic) bond motifs is 1. The SMILES string of the molecule is CC.CC.CC.CC.CC.c1ccc2c(c1)CCCC2. The van der Waals surface area contributed by atoms with Gasteiger partial charge in [0.15, 0.2) is 0 Å². The van der Waals surface area contributed by atoms with E-state index in [0.717, 1.165) is 0 Å². The van der Waals surface area contributed by atoms with Crippen molar-refractivity contribution < 1.29 is 0 Å². The number of aryl methyl sites for hydroxylation is 2. The van der Waals surface area contributed by atoms with E-state index in [9.17, 15) is 0 Å². The summed E-state index contributed by atoms with van der Waals surface area (Å²) in [6.45, 7) is 20.0. The van der Waals surface area contributed by atoms with Gasteiger partial charge in [0.05, 0.1) is 0 Å². The highest BCUT2D eigenvalue weighted by molar-refractivity contribution is 5.28. The molecular formula is C20H42. The molecule has 0 bridgehead atoms. The maximum atomic E-state index is 2.26. The molecule has 0 saturated carbocycles. The molecule has 20 heavy (non-hydrogen) atoms. The minimum Gasteiger partial charge on any atom is -0.0683 e. The summed E-state index contributed by atoms with van der Waals surface area (Å²) in [6.07, 6.45) is 5.38. The maximum Gasteiger partial charge on any atom is -0.0276 e. The van der Waals surface area contributed by atoms with Gasteiger partial charge in [-0.25, -0.2) is 0 Å². The highest BCUT2D eigenvalue weighted by Crippen LogP contribution is 2.19. The predicted molar refractivity (Wildman–Crippen MR) is 99.8 cm³/mol. The lowest BCUT2D eigenvalue weighted by atomic mass is 9.92. The minimum atomic E-state index is 1.30. The summed E-state index contributed by atoms with van der Waals surface area (Å²) in [5, 5.41) is 0. The average Bonchev–Trinajstić information content (AvgIpc) is 2.64. The van der Waals surface area contributed by atoms with Crippen LogP contribution in [-0.4, -0.2) is 0 Å². The van der Waals surface area contributed by atoms with Crippen molar-refractivity contribution in [3.8, 4) is 0 Å². The van der Waals surface area contributed by atoms with Gasteiger partial charge in [-0.05, 0) is 36.8 Å². The summed E-state index contributed by atoms with van der Waals surface area (Å²) in [6, 6.07) is 8.80. The van der Waals surface area contributed by atoms with Gasteiger partial charge in [-0.15, -0.1) is 0 Å². The van der Waals surface area contributed by atoms with Crippen molar-refractivity contribution in [2.75, 3.05) is 0 Å². The summed E-state index contributed by atoms with van der Waals surface area (Å²) in [7, 11) is 0. The Morgan fingerprint density at radius 2 is 0.750 bits per heavy atom. The largest absolute Gasteiger partial charge is 0.0683 e. The van der Waals surface area contributed by atoms with Gasteiger partial charge in [0.25, 0.3) is 0 Å². The molecule has 0 radical (unpaired) electrons. The van der Waals surface area contributed by atoms with Gasteiger partial charge in [-0.1, -0.05) is 93.5 Å². The van der Waals surface area contributed by atoms with E-state index in [1.807, 2.05) is 69.2 Å². The molecule has 122 valence electrons. The number of hydrogen-bond donors (Lipinski definition) is 0. The molecule has 0 atom stereocenters. The van der Waals surface area contributed by atoms with Crippen LogP contribution in [0.5, 0.6) is 0 Å². The van der Waals surface area contributed by atoms with Crippen molar-refractivity contribution in [3.05, 3.63) is 35.4 Å². The second-order valence-corrected chi connectivity index (χ2v) is 2.98. The van der Waals surface area contributed by atoms with Crippen LogP contribution in [0.4, 0.5) is 0 Å². The quantitative estimate of drug-likeness (QED) is 0.457. The van der Waals surface area contributed by atoms with Crippen LogP contribution < -0.4 is 0 Å². The van der Waals surface area contributed by atoms with Crippen molar-refractivity contribution in [3.63, 3.8) is 0 Å². The molecule has 0 nitrogen and oxygen atoms in total. The van der Waals surface area contributed by atoms with Crippen molar-refractivity contribution >= 4 is 0 Å². The Hall–Kier alpha value is -0.780. The zero-order valence-corrected chi connectivity index (χ0v) is 16.1. The zero-order valence-electron chi connectivity index (χ0n) is 16.1. The van der Waals surface area contributed by atoms with E-state index < -0.39 is 0 Å². The van der Waals surface area contributed by atoms with E-state index >= 15 is 0 Å². The second kappa shape index (κ2) is 30.9. The molecule has 0 heteroatoms.